The van der Waals surface area contributed by atoms with Gasteiger partial charge in [0.25, 0.3) is 0 Å². The van der Waals surface area contributed by atoms with Gasteiger partial charge in [-0.25, -0.2) is 0 Å². The van der Waals surface area contributed by atoms with Gasteiger partial charge in [-0.2, -0.15) is 0 Å². The second-order valence-electron chi connectivity index (χ2n) is 6.87. The smallest absolute Gasteiger partial charge is 0.0475 e. The van der Waals surface area contributed by atoms with E-state index in [1.807, 2.05) is 0 Å². The van der Waals surface area contributed by atoms with Gasteiger partial charge in [0, 0.05) is 18.6 Å². The van der Waals surface area contributed by atoms with Crippen molar-refractivity contribution in [1.29, 1.82) is 0 Å². The summed E-state index contributed by atoms with van der Waals surface area (Å²) in [6, 6.07) is 11.9. The third-order valence-corrected chi connectivity index (χ3v) is 5.03. The number of rotatable bonds is 7. The molecular weight excluding hydrogens is 256 g/mol. The summed E-state index contributed by atoms with van der Waals surface area (Å²) in [4.78, 5) is 2.69. The van der Waals surface area contributed by atoms with E-state index in [0.29, 0.717) is 12.1 Å². The van der Waals surface area contributed by atoms with Crippen LogP contribution < -0.4 is 5.32 Å². The lowest BCUT2D eigenvalue weighted by atomic mass is 9.95. The lowest BCUT2D eigenvalue weighted by molar-refractivity contribution is 0.194. The summed E-state index contributed by atoms with van der Waals surface area (Å²) in [7, 11) is 0. The molecule has 2 nitrogen and oxygen atoms in total. The zero-order valence-corrected chi connectivity index (χ0v) is 14.2. The van der Waals surface area contributed by atoms with Crippen LogP contribution in [-0.2, 0) is 0 Å². The lowest BCUT2D eigenvalue weighted by Crippen LogP contribution is -2.42. The fourth-order valence-electron chi connectivity index (χ4n) is 3.47. The van der Waals surface area contributed by atoms with Crippen molar-refractivity contribution in [3.8, 4) is 0 Å². The first kappa shape index (κ1) is 16.5. The third kappa shape index (κ3) is 4.31. The minimum Gasteiger partial charge on any atom is -0.309 e. The van der Waals surface area contributed by atoms with Gasteiger partial charge in [0.15, 0.2) is 0 Å². The molecule has 0 amide bonds. The standard InChI is InChI=1S/C19H32N2/c1-5-12-20-19(17-9-7-6-8-10-17)16(4)21-13-11-18(14-21)15(2)3/h6-10,15-16,18-20H,5,11-14H2,1-4H3. The maximum Gasteiger partial charge on any atom is 0.0475 e. The van der Waals surface area contributed by atoms with Gasteiger partial charge in [0.1, 0.15) is 0 Å². The number of hydrogen-bond acceptors (Lipinski definition) is 2. The molecule has 1 aliphatic rings. The Labute approximate surface area is 130 Å². The van der Waals surface area contributed by atoms with Crippen LogP contribution in [0.25, 0.3) is 0 Å². The van der Waals surface area contributed by atoms with Crippen molar-refractivity contribution in [3.63, 3.8) is 0 Å². The maximum atomic E-state index is 3.76. The molecule has 0 bridgehead atoms. The fourth-order valence-corrected chi connectivity index (χ4v) is 3.47. The van der Waals surface area contributed by atoms with E-state index in [0.717, 1.165) is 18.4 Å². The molecular formula is C19H32N2. The molecule has 2 rings (SSSR count). The predicted octanol–water partition coefficient (Wildman–Crippen LogP) is 4.09. The summed E-state index contributed by atoms with van der Waals surface area (Å²) in [6.07, 6.45) is 2.54. The fraction of sp³-hybridized carbons (Fsp3) is 0.684. The molecule has 3 unspecified atom stereocenters. The van der Waals surface area contributed by atoms with Crippen LogP contribution in [0.2, 0.25) is 0 Å². The molecule has 1 saturated heterocycles. The van der Waals surface area contributed by atoms with Crippen LogP contribution in [0, 0.1) is 11.8 Å². The highest BCUT2D eigenvalue weighted by Crippen LogP contribution is 2.29. The average Bonchev–Trinajstić information content (AvgIpc) is 2.98. The van der Waals surface area contributed by atoms with Gasteiger partial charge in [0.05, 0.1) is 0 Å². The van der Waals surface area contributed by atoms with Crippen molar-refractivity contribution in [2.75, 3.05) is 19.6 Å². The lowest BCUT2D eigenvalue weighted by Gasteiger charge is -2.33. The highest BCUT2D eigenvalue weighted by Gasteiger charge is 2.31. The largest absolute Gasteiger partial charge is 0.309 e. The Balaban J connectivity index is 2.06. The molecule has 0 aliphatic carbocycles. The van der Waals surface area contributed by atoms with Gasteiger partial charge >= 0.3 is 0 Å². The molecule has 1 fully saturated rings. The Morgan fingerprint density at radius 1 is 1.19 bits per heavy atom. The van der Waals surface area contributed by atoms with Crippen molar-refractivity contribution in [2.45, 2.75) is 52.6 Å². The molecule has 1 N–H and O–H groups in total. The Morgan fingerprint density at radius 2 is 1.90 bits per heavy atom. The summed E-state index contributed by atoms with van der Waals surface area (Å²) < 4.78 is 0. The van der Waals surface area contributed by atoms with E-state index in [4.69, 9.17) is 0 Å². The normalized spacial score (nSPS) is 22.6. The summed E-state index contributed by atoms with van der Waals surface area (Å²) in [5.41, 5.74) is 1.42. The molecule has 0 spiro atoms. The van der Waals surface area contributed by atoms with Crippen molar-refractivity contribution in [3.05, 3.63) is 35.9 Å². The van der Waals surface area contributed by atoms with E-state index >= 15 is 0 Å². The number of nitrogens with zero attached hydrogens (tertiary/aromatic N) is 1. The summed E-state index contributed by atoms with van der Waals surface area (Å²) >= 11 is 0. The van der Waals surface area contributed by atoms with E-state index in [2.05, 4.69) is 68.2 Å². The molecule has 0 saturated carbocycles. The molecule has 3 atom stereocenters. The molecule has 0 aromatic heterocycles. The summed E-state index contributed by atoms with van der Waals surface area (Å²) in [5.74, 6) is 1.68. The van der Waals surface area contributed by atoms with Crippen LogP contribution in [0.1, 0.15) is 52.1 Å². The SMILES string of the molecule is CCCNC(c1ccccc1)C(C)N1CCC(C(C)C)C1. The van der Waals surface area contributed by atoms with Crippen LogP contribution in [-0.4, -0.2) is 30.6 Å². The van der Waals surface area contributed by atoms with Gasteiger partial charge in [-0.05, 0) is 50.3 Å². The first-order chi connectivity index (χ1) is 10.1. The highest BCUT2D eigenvalue weighted by molar-refractivity contribution is 5.20. The van der Waals surface area contributed by atoms with E-state index < -0.39 is 0 Å². The molecule has 1 aromatic carbocycles. The topological polar surface area (TPSA) is 15.3 Å². The van der Waals surface area contributed by atoms with Crippen LogP contribution in [0.5, 0.6) is 0 Å². The second-order valence-corrected chi connectivity index (χ2v) is 6.87. The molecule has 118 valence electrons. The number of hydrogen-bond donors (Lipinski definition) is 1. The molecule has 1 aliphatic heterocycles. The van der Waals surface area contributed by atoms with Gasteiger partial charge in [0.2, 0.25) is 0 Å². The summed E-state index contributed by atoms with van der Waals surface area (Å²) in [5, 5.41) is 3.76. The molecule has 1 aromatic rings. The first-order valence-corrected chi connectivity index (χ1v) is 8.65. The Morgan fingerprint density at radius 3 is 2.48 bits per heavy atom. The van der Waals surface area contributed by atoms with E-state index in [1.165, 1.54) is 31.5 Å². The van der Waals surface area contributed by atoms with E-state index in [9.17, 15) is 0 Å². The molecule has 1 heterocycles. The maximum absolute atomic E-state index is 3.76. The zero-order valence-electron chi connectivity index (χ0n) is 14.2. The minimum atomic E-state index is 0.442. The van der Waals surface area contributed by atoms with E-state index in [1.54, 1.807) is 0 Å². The first-order valence-electron chi connectivity index (χ1n) is 8.65. The van der Waals surface area contributed by atoms with Crippen molar-refractivity contribution in [2.24, 2.45) is 11.8 Å². The Bertz CT molecular complexity index is 401. The number of likely N-dealkylation sites (tertiary alicyclic amines) is 1. The number of benzene rings is 1. The molecule has 0 radical (unpaired) electrons. The summed E-state index contributed by atoms with van der Waals surface area (Å²) in [6.45, 7) is 13.0. The van der Waals surface area contributed by atoms with Crippen molar-refractivity contribution >= 4 is 0 Å². The average molecular weight is 288 g/mol. The van der Waals surface area contributed by atoms with Crippen molar-refractivity contribution in [1.82, 2.24) is 10.2 Å². The highest BCUT2D eigenvalue weighted by atomic mass is 15.2. The van der Waals surface area contributed by atoms with Gasteiger partial charge in [-0.3, -0.25) is 4.90 Å². The third-order valence-electron chi connectivity index (χ3n) is 5.03. The van der Waals surface area contributed by atoms with Crippen LogP contribution in [0.3, 0.4) is 0 Å². The number of nitrogens with one attached hydrogen (secondary N) is 1. The monoisotopic (exact) mass is 288 g/mol. The van der Waals surface area contributed by atoms with Gasteiger partial charge in [-0.1, -0.05) is 51.1 Å². The second kappa shape index (κ2) is 7.95. The van der Waals surface area contributed by atoms with Crippen LogP contribution in [0.15, 0.2) is 30.3 Å². The van der Waals surface area contributed by atoms with Crippen LogP contribution >= 0.6 is 0 Å². The zero-order chi connectivity index (χ0) is 15.2. The molecule has 21 heavy (non-hydrogen) atoms. The van der Waals surface area contributed by atoms with E-state index in [-0.39, 0.29) is 0 Å². The van der Waals surface area contributed by atoms with Crippen LogP contribution in [0.4, 0.5) is 0 Å². The quantitative estimate of drug-likeness (QED) is 0.813. The molecule has 2 heteroatoms. The Kier molecular flexibility index (Phi) is 6.25. The van der Waals surface area contributed by atoms with Gasteiger partial charge < -0.3 is 5.32 Å². The Hall–Kier alpha value is -0.860. The minimum absolute atomic E-state index is 0.442. The predicted molar refractivity (Wildman–Crippen MR) is 91.5 cm³/mol. The van der Waals surface area contributed by atoms with Gasteiger partial charge in [-0.15, -0.1) is 0 Å². The van der Waals surface area contributed by atoms with Crippen molar-refractivity contribution < 1.29 is 0 Å².